The minimum absolute atomic E-state index is 0.0259. The second kappa shape index (κ2) is 5.37. The van der Waals surface area contributed by atoms with E-state index < -0.39 is 39.0 Å². The minimum Gasteiger partial charge on any atom is -0.478 e. The Morgan fingerprint density at radius 1 is 1.39 bits per heavy atom. The van der Waals surface area contributed by atoms with E-state index in [-0.39, 0.29) is 16.6 Å². The first-order valence-electron chi connectivity index (χ1n) is 6.06. The first-order chi connectivity index (χ1) is 10.5. The van der Waals surface area contributed by atoms with Gasteiger partial charge >= 0.3 is 21.6 Å². The van der Waals surface area contributed by atoms with Crippen LogP contribution >= 0.6 is 0 Å². The monoisotopic (exact) mass is 353 g/mol. The van der Waals surface area contributed by atoms with Crippen molar-refractivity contribution in [3.63, 3.8) is 0 Å². The van der Waals surface area contributed by atoms with E-state index in [2.05, 4.69) is 19.4 Å². The van der Waals surface area contributed by atoms with Crippen LogP contribution in [0.3, 0.4) is 0 Å². The van der Waals surface area contributed by atoms with Crippen LogP contribution in [0.5, 0.6) is 5.88 Å². The number of H-pyrrole nitrogens is 1. The van der Waals surface area contributed by atoms with Crippen LogP contribution in [-0.4, -0.2) is 40.2 Å². The van der Waals surface area contributed by atoms with E-state index in [0.717, 1.165) is 6.20 Å². The molecule has 0 unspecified atom stereocenters. The molecule has 0 aliphatic heterocycles. The van der Waals surface area contributed by atoms with E-state index in [1.165, 1.54) is 13.8 Å². The Balaban J connectivity index is 2.78. The van der Waals surface area contributed by atoms with Crippen molar-refractivity contribution in [3.05, 3.63) is 17.3 Å². The number of hydrogen-bond acceptors (Lipinski definition) is 6. The molecule has 0 radical (unpaired) electrons. The minimum atomic E-state index is -5.99. The van der Waals surface area contributed by atoms with Crippen LogP contribution in [0.15, 0.2) is 6.20 Å². The molecule has 0 spiro atoms. The molecule has 0 bridgehead atoms. The maximum Gasteiger partial charge on any atom is 0.534 e. The van der Waals surface area contributed by atoms with Gasteiger partial charge in [0, 0.05) is 5.56 Å². The number of rotatable bonds is 4. The number of nitrogens with zero attached hydrogens (tertiary/aromatic N) is 2. The Bertz CT molecular complexity index is 873. The van der Waals surface area contributed by atoms with Crippen LogP contribution in [0.4, 0.5) is 13.2 Å². The summed E-state index contributed by atoms with van der Waals surface area (Å²) in [7, 11) is -5.99. The van der Waals surface area contributed by atoms with Gasteiger partial charge in [-0.2, -0.15) is 31.7 Å². The number of fused-ring (bicyclic) bond motifs is 1. The van der Waals surface area contributed by atoms with Gasteiger partial charge in [-0.15, -0.1) is 0 Å². The molecule has 126 valence electrons. The summed E-state index contributed by atoms with van der Waals surface area (Å²) in [4.78, 5) is 15.1. The van der Waals surface area contributed by atoms with E-state index >= 15 is 0 Å². The molecular weight excluding hydrogens is 343 g/mol. The zero-order valence-corrected chi connectivity index (χ0v) is 12.5. The third kappa shape index (κ3) is 2.93. The van der Waals surface area contributed by atoms with E-state index in [1.54, 1.807) is 0 Å². The summed E-state index contributed by atoms with van der Waals surface area (Å²) in [5, 5.41) is 15.2. The number of aromatic nitrogens is 3. The van der Waals surface area contributed by atoms with Gasteiger partial charge in [0.2, 0.25) is 5.88 Å². The SMILES string of the molecule is CC(C)c1c(OS(=O)(=O)C(F)(F)F)nc2[nH]ncc2c1C(=O)O. The van der Waals surface area contributed by atoms with Crippen LogP contribution in [0, 0.1) is 0 Å². The number of halogens is 3. The molecular formula is C11H10F3N3O5S. The van der Waals surface area contributed by atoms with E-state index in [4.69, 9.17) is 0 Å². The van der Waals surface area contributed by atoms with Crippen LogP contribution in [0.25, 0.3) is 11.0 Å². The highest BCUT2D eigenvalue weighted by Gasteiger charge is 2.49. The molecule has 0 fully saturated rings. The first kappa shape index (κ1) is 17.0. The second-order valence-electron chi connectivity index (χ2n) is 4.78. The number of pyridine rings is 1. The maximum absolute atomic E-state index is 12.5. The number of aromatic amines is 1. The molecule has 8 nitrogen and oxygen atoms in total. The smallest absolute Gasteiger partial charge is 0.478 e. The Labute approximate surface area is 127 Å². The summed E-state index contributed by atoms with van der Waals surface area (Å²) >= 11 is 0. The molecule has 23 heavy (non-hydrogen) atoms. The van der Waals surface area contributed by atoms with Crippen molar-refractivity contribution in [2.45, 2.75) is 25.3 Å². The van der Waals surface area contributed by atoms with Gasteiger partial charge in [-0.1, -0.05) is 13.8 Å². The molecule has 2 heterocycles. The maximum atomic E-state index is 12.5. The molecule has 0 saturated carbocycles. The molecule has 0 amide bonds. The van der Waals surface area contributed by atoms with Gasteiger partial charge < -0.3 is 9.29 Å². The number of alkyl halides is 3. The number of nitrogens with one attached hydrogen (secondary N) is 1. The van der Waals surface area contributed by atoms with E-state index in [9.17, 15) is 31.5 Å². The van der Waals surface area contributed by atoms with Crippen molar-refractivity contribution in [3.8, 4) is 5.88 Å². The average Bonchev–Trinajstić information content (AvgIpc) is 2.82. The standard InChI is InChI=1S/C11H10F3N3O5S/c1-4(2)6-7(10(18)19)5-3-15-17-8(5)16-9(6)22-23(20,21)11(12,13)14/h3-4H,1-2H3,(H,18,19)(H,15,16,17). The van der Waals surface area contributed by atoms with E-state index in [0.29, 0.717) is 0 Å². The zero-order valence-electron chi connectivity index (χ0n) is 11.7. The van der Waals surface area contributed by atoms with Crippen molar-refractivity contribution < 1.29 is 35.7 Å². The predicted octanol–water partition coefficient (Wildman–Crippen LogP) is 2.01. The molecule has 2 aromatic rings. The van der Waals surface area contributed by atoms with E-state index in [1.807, 2.05) is 0 Å². The lowest BCUT2D eigenvalue weighted by Crippen LogP contribution is -2.29. The Morgan fingerprint density at radius 2 is 2.00 bits per heavy atom. The topological polar surface area (TPSA) is 122 Å². The molecule has 0 aliphatic carbocycles. The lowest BCUT2D eigenvalue weighted by molar-refractivity contribution is -0.0501. The van der Waals surface area contributed by atoms with Crippen molar-refractivity contribution in [2.24, 2.45) is 0 Å². The van der Waals surface area contributed by atoms with Crippen molar-refractivity contribution in [2.75, 3.05) is 0 Å². The summed E-state index contributed by atoms with van der Waals surface area (Å²) in [5.41, 5.74) is -6.58. The Morgan fingerprint density at radius 3 is 2.48 bits per heavy atom. The van der Waals surface area contributed by atoms with Crippen LogP contribution < -0.4 is 4.18 Å². The molecule has 0 atom stereocenters. The van der Waals surface area contributed by atoms with Gasteiger partial charge in [-0.05, 0) is 5.92 Å². The van der Waals surface area contributed by atoms with Crippen LogP contribution in [0.2, 0.25) is 0 Å². The highest BCUT2D eigenvalue weighted by atomic mass is 32.2. The molecule has 2 aromatic heterocycles. The number of aromatic carboxylic acids is 1. The molecule has 2 N–H and O–H groups in total. The summed E-state index contributed by atoms with van der Waals surface area (Å²) in [5.74, 6) is -3.10. The fourth-order valence-electron chi connectivity index (χ4n) is 1.94. The number of hydrogen-bond donors (Lipinski definition) is 2. The van der Waals surface area contributed by atoms with Crippen LogP contribution in [-0.2, 0) is 10.1 Å². The second-order valence-corrected chi connectivity index (χ2v) is 6.32. The Kier molecular flexibility index (Phi) is 3.96. The lowest BCUT2D eigenvalue weighted by Gasteiger charge is -2.16. The van der Waals surface area contributed by atoms with Gasteiger partial charge in [0.25, 0.3) is 0 Å². The highest BCUT2D eigenvalue weighted by Crippen LogP contribution is 2.36. The highest BCUT2D eigenvalue weighted by molar-refractivity contribution is 7.87. The molecule has 12 heteroatoms. The number of carboxylic acid groups (broad SMARTS) is 1. The first-order valence-corrected chi connectivity index (χ1v) is 7.47. The number of carboxylic acids is 1. The fraction of sp³-hybridized carbons (Fsp3) is 0.364. The molecule has 0 aromatic carbocycles. The third-order valence-corrected chi connectivity index (χ3v) is 3.81. The summed E-state index contributed by atoms with van der Waals surface area (Å²) in [6, 6.07) is 0. The van der Waals surface area contributed by atoms with Gasteiger partial charge in [-0.3, -0.25) is 5.10 Å². The molecule has 0 aliphatic rings. The van der Waals surface area contributed by atoms with Crippen molar-refractivity contribution in [1.29, 1.82) is 0 Å². The summed E-state index contributed by atoms with van der Waals surface area (Å²) < 4.78 is 63.9. The summed E-state index contributed by atoms with van der Waals surface area (Å²) in [6.07, 6.45) is 1.12. The van der Waals surface area contributed by atoms with Crippen molar-refractivity contribution >= 4 is 27.1 Å². The summed E-state index contributed by atoms with van der Waals surface area (Å²) in [6.45, 7) is 2.92. The fourth-order valence-corrected chi connectivity index (χ4v) is 2.37. The van der Waals surface area contributed by atoms with Gasteiger partial charge in [0.1, 0.15) is 0 Å². The quantitative estimate of drug-likeness (QED) is 0.637. The van der Waals surface area contributed by atoms with Gasteiger partial charge in [0.15, 0.2) is 5.65 Å². The van der Waals surface area contributed by atoms with Crippen LogP contribution in [0.1, 0.15) is 35.7 Å². The van der Waals surface area contributed by atoms with Gasteiger partial charge in [-0.25, -0.2) is 4.79 Å². The lowest BCUT2D eigenvalue weighted by atomic mass is 9.97. The van der Waals surface area contributed by atoms with Gasteiger partial charge in [0.05, 0.1) is 17.1 Å². The molecule has 2 rings (SSSR count). The Hall–Kier alpha value is -2.37. The zero-order chi connectivity index (χ0) is 17.6. The molecule has 0 saturated heterocycles. The predicted molar refractivity (Wildman–Crippen MR) is 70.5 cm³/mol. The third-order valence-electron chi connectivity index (χ3n) is 2.86. The largest absolute Gasteiger partial charge is 0.534 e. The number of carbonyl (C=O) groups is 1. The van der Waals surface area contributed by atoms with Crippen molar-refractivity contribution in [1.82, 2.24) is 15.2 Å². The normalized spacial score (nSPS) is 12.8. The average molecular weight is 353 g/mol.